The molecule has 0 saturated heterocycles. The van der Waals surface area contributed by atoms with Crippen LogP contribution in [0.25, 0.3) is 0 Å². The summed E-state index contributed by atoms with van der Waals surface area (Å²) in [6, 6.07) is 2.13. The number of nitrogens with one attached hydrogen (secondary N) is 1. The number of benzene rings is 1. The zero-order valence-electron chi connectivity index (χ0n) is 13.7. The fraction of sp³-hybridized carbons (Fsp3) is 0.500. The van der Waals surface area contributed by atoms with Gasteiger partial charge < -0.3 is 14.8 Å². The summed E-state index contributed by atoms with van der Waals surface area (Å²) in [6.07, 6.45) is 1.60. The highest BCUT2D eigenvalue weighted by molar-refractivity contribution is 5.97. The van der Waals surface area contributed by atoms with Crippen LogP contribution in [0.15, 0.2) is 12.1 Å². The maximum absolute atomic E-state index is 13.6. The second kappa shape index (κ2) is 10.7. The highest BCUT2D eigenvalue weighted by atomic mass is 19.1. The van der Waals surface area contributed by atoms with Crippen molar-refractivity contribution in [1.29, 1.82) is 0 Å². The predicted octanol–water partition coefficient (Wildman–Crippen LogP) is 3.29. The average Bonchev–Trinajstić information content (AvgIpc) is 2.47. The van der Waals surface area contributed by atoms with Crippen LogP contribution in [0.2, 0.25) is 0 Å². The molecule has 0 aliphatic heterocycles. The number of carbonyl (C=O) groups is 2. The molecule has 1 N–H and O–H groups in total. The first kappa shape index (κ1) is 20.1. The Morgan fingerprint density at radius 1 is 1.36 bits per heavy atom. The van der Waals surface area contributed by atoms with Crippen LogP contribution in [0, 0.1) is 5.82 Å². The minimum atomic E-state index is -0.699. The second-order valence-electron chi connectivity index (χ2n) is 4.74. The molecule has 22 heavy (non-hydrogen) atoms. The Labute approximate surface area is 130 Å². The molecular weight excluding hydrogens is 289 g/mol. The molecule has 124 valence electrons. The lowest BCUT2D eigenvalue weighted by Gasteiger charge is -2.17. The maximum Gasteiger partial charge on any atom is 0.339 e. The summed E-state index contributed by atoms with van der Waals surface area (Å²) in [5, 5.41) is 2.94. The third-order valence-corrected chi connectivity index (χ3v) is 2.49. The molecule has 0 amide bonds. The van der Waals surface area contributed by atoms with Crippen LogP contribution in [-0.2, 0) is 9.47 Å². The lowest BCUT2D eigenvalue weighted by molar-refractivity contribution is 0.0601. The van der Waals surface area contributed by atoms with Gasteiger partial charge in [0, 0.05) is 13.2 Å². The summed E-state index contributed by atoms with van der Waals surface area (Å²) in [6.45, 7) is 6.45. The lowest BCUT2D eigenvalue weighted by Crippen LogP contribution is -2.22. The SMILES string of the molecule is CCC.COCC(C)Nc1cc(F)c(C=O)cc1C(=O)OC. The van der Waals surface area contributed by atoms with E-state index in [1.54, 1.807) is 0 Å². The van der Waals surface area contributed by atoms with Gasteiger partial charge in [-0.2, -0.15) is 0 Å². The maximum atomic E-state index is 13.6. The normalized spacial score (nSPS) is 11.0. The van der Waals surface area contributed by atoms with Gasteiger partial charge in [-0.1, -0.05) is 20.3 Å². The molecule has 5 nitrogen and oxygen atoms in total. The number of halogens is 1. The summed E-state index contributed by atoms with van der Waals surface area (Å²) >= 11 is 0. The van der Waals surface area contributed by atoms with E-state index >= 15 is 0 Å². The first-order chi connectivity index (χ1) is 10.4. The molecule has 0 bridgehead atoms. The van der Waals surface area contributed by atoms with E-state index in [-0.39, 0.29) is 22.9 Å². The Balaban J connectivity index is 0.00000135. The van der Waals surface area contributed by atoms with Crippen LogP contribution in [0.4, 0.5) is 10.1 Å². The number of carbonyl (C=O) groups excluding carboxylic acids is 2. The fourth-order valence-electron chi connectivity index (χ4n) is 1.64. The second-order valence-corrected chi connectivity index (χ2v) is 4.74. The summed E-state index contributed by atoms with van der Waals surface area (Å²) in [4.78, 5) is 22.3. The lowest BCUT2D eigenvalue weighted by atomic mass is 10.1. The molecule has 6 heteroatoms. The van der Waals surface area contributed by atoms with Crippen LogP contribution in [0.1, 0.15) is 47.9 Å². The highest BCUT2D eigenvalue weighted by Crippen LogP contribution is 2.22. The summed E-state index contributed by atoms with van der Waals surface area (Å²) in [5.74, 6) is -1.34. The van der Waals surface area contributed by atoms with E-state index < -0.39 is 11.8 Å². The molecule has 0 heterocycles. The Kier molecular flexibility index (Phi) is 9.78. The van der Waals surface area contributed by atoms with Gasteiger partial charge in [-0.15, -0.1) is 0 Å². The molecule has 0 spiro atoms. The number of ether oxygens (including phenoxy) is 2. The van der Waals surface area contributed by atoms with Crippen molar-refractivity contribution in [3.05, 3.63) is 29.1 Å². The third kappa shape index (κ3) is 6.22. The van der Waals surface area contributed by atoms with E-state index in [9.17, 15) is 14.0 Å². The van der Waals surface area contributed by atoms with Gasteiger partial charge in [-0.05, 0) is 19.1 Å². The van der Waals surface area contributed by atoms with Crippen molar-refractivity contribution in [1.82, 2.24) is 0 Å². The standard InChI is InChI=1S/C13H16FNO4.C3H8/c1-8(7-18-2)15-12-5-11(14)9(6-16)4-10(12)13(17)19-3;1-3-2/h4-6,8,15H,7H2,1-3H3;3H2,1-2H3. The molecule has 0 radical (unpaired) electrons. The average molecular weight is 313 g/mol. The van der Waals surface area contributed by atoms with Gasteiger partial charge in [0.15, 0.2) is 6.29 Å². The van der Waals surface area contributed by atoms with Crippen LogP contribution in [0.5, 0.6) is 0 Å². The molecule has 0 aliphatic rings. The quantitative estimate of drug-likeness (QED) is 0.645. The van der Waals surface area contributed by atoms with Crippen LogP contribution in [-0.4, -0.2) is 39.1 Å². The molecule has 0 aliphatic carbocycles. The van der Waals surface area contributed by atoms with Gasteiger partial charge in [-0.3, -0.25) is 4.79 Å². The van der Waals surface area contributed by atoms with Crippen LogP contribution >= 0.6 is 0 Å². The van der Waals surface area contributed by atoms with E-state index in [4.69, 9.17) is 4.74 Å². The van der Waals surface area contributed by atoms with Gasteiger partial charge in [-0.25, -0.2) is 9.18 Å². The van der Waals surface area contributed by atoms with Crippen molar-refractivity contribution in [2.24, 2.45) is 0 Å². The smallest absolute Gasteiger partial charge is 0.339 e. The van der Waals surface area contributed by atoms with Crippen molar-refractivity contribution in [2.75, 3.05) is 26.1 Å². The van der Waals surface area contributed by atoms with Gasteiger partial charge in [0.2, 0.25) is 0 Å². The van der Waals surface area contributed by atoms with Crippen molar-refractivity contribution >= 4 is 17.9 Å². The van der Waals surface area contributed by atoms with Crippen molar-refractivity contribution in [3.63, 3.8) is 0 Å². The fourth-order valence-corrected chi connectivity index (χ4v) is 1.64. The predicted molar refractivity (Wildman–Crippen MR) is 84.1 cm³/mol. The number of aldehydes is 1. The van der Waals surface area contributed by atoms with Crippen molar-refractivity contribution in [3.8, 4) is 0 Å². The van der Waals surface area contributed by atoms with E-state index in [1.165, 1.54) is 20.6 Å². The van der Waals surface area contributed by atoms with Gasteiger partial charge >= 0.3 is 5.97 Å². The number of methoxy groups -OCH3 is 2. The number of hydrogen-bond donors (Lipinski definition) is 1. The topological polar surface area (TPSA) is 64.6 Å². The first-order valence-corrected chi connectivity index (χ1v) is 7.07. The van der Waals surface area contributed by atoms with E-state index in [0.717, 1.165) is 12.1 Å². The molecular formula is C16H24FNO4. The van der Waals surface area contributed by atoms with Gasteiger partial charge in [0.25, 0.3) is 0 Å². The molecule has 1 atom stereocenters. The monoisotopic (exact) mass is 313 g/mol. The van der Waals surface area contributed by atoms with Crippen LogP contribution < -0.4 is 5.32 Å². The minimum absolute atomic E-state index is 0.106. The molecule has 1 aromatic carbocycles. The highest BCUT2D eigenvalue weighted by Gasteiger charge is 2.17. The van der Waals surface area contributed by atoms with Gasteiger partial charge in [0.1, 0.15) is 5.82 Å². The minimum Gasteiger partial charge on any atom is -0.465 e. The molecule has 1 aromatic rings. The van der Waals surface area contributed by atoms with E-state index in [1.807, 2.05) is 6.92 Å². The third-order valence-electron chi connectivity index (χ3n) is 2.49. The largest absolute Gasteiger partial charge is 0.465 e. The summed E-state index contributed by atoms with van der Waals surface area (Å²) in [5.41, 5.74) is 0.179. The zero-order valence-corrected chi connectivity index (χ0v) is 13.7. The van der Waals surface area contributed by atoms with E-state index in [0.29, 0.717) is 12.9 Å². The Morgan fingerprint density at radius 2 is 1.95 bits per heavy atom. The zero-order chi connectivity index (χ0) is 17.1. The molecule has 0 saturated carbocycles. The Morgan fingerprint density at radius 3 is 2.41 bits per heavy atom. The summed E-state index contributed by atoms with van der Waals surface area (Å²) < 4.78 is 23.1. The van der Waals surface area contributed by atoms with Gasteiger partial charge in [0.05, 0.1) is 30.5 Å². The molecule has 0 aromatic heterocycles. The Bertz CT molecular complexity index is 491. The number of rotatable bonds is 6. The Hall–Kier alpha value is -1.95. The number of hydrogen-bond acceptors (Lipinski definition) is 5. The van der Waals surface area contributed by atoms with Crippen molar-refractivity contribution < 1.29 is 23.5 Å². The molecule has 1 unspecified atom stereocenters. The van der Waals surface area contributed by atoms with Crippen LogP contribution in [0.3, 0.4) is 0 Å². The molecule has 0 fully saturated rings. The summed E-state index contributed by atoms with van der Waals surface area (Å²) in [7, 11) is 2.75. The van der Waals surface area contributed by atoms with E-state index in [2.05, 4.69) is 23.9 Å². The first-order valence-electron chi connectivity index (χ1n) is 7.07. The number of anilines is 1. The molecule has 1 rings (SSSR count). The number of esters is 1. The van der Waals surface area contributed by atoms with Crippen molar-refractivity contribution in [2.45, 2.75) is 33.2 Å².